The summed E-state index contributed by atoms with van der Waals surface area (Å²) < 4.78 is 2.11. The summed E-state index contributed by atoms with van der Waals surface area (Å²) in [7, 11) is 0. The lowest BCUT2D eigenvalue weighted by Gasteiger charge is -2.18. The maximum absolute atomic E-state index is 4.68. The van der Waals surface area contributed by atoms with Crippen molar-refractivity contribution in [2.45, 2.75) is 26.4 Å². The van der Waals surface area contributed by atoms with E-state index >= 15 is 0 Å². The number of benzene rings is 1. The number of fused-ring (bicyclic) bond motifs is 1. The number of aromatic nitrogens is 4. The summed E-state index contributed by atoms with van der Waals surface area (Å²) in [5, 5.41) is 3.28. The molecular weight excluding hydrogens is 300 g/mol. The van der Waals surface area contributed by atoms with Crippen LogP contribution in [0.2, 0.25) is 0 Å². The molecule has 3 aromatic rings. The van der Waals surface area contributed by atoms with E-state index in [1.165, 1.54) is 5.69 Å². The van der Waals surface area contributed by atoms with Crippen LogP contribution in [-0.4, -0.2) is 26.1 Å². The minimum absolute atomic E-state index is 0.627. The summed E-state index contributed by atoms with van der Waals surface area (Å²) in [6.45, 7) is 4.59. The number of hydrogen-bond donors (Lipinski definition) is 1. The Hall–Kier alpha value is -2.89. The van der Waals surface area contributed by atoms with E-state index < -0.39 is 0 Å². The van der Waals surface area contributed by atoms with Crippen LogP contribution < -0.4 is 10.2 Å². The van der Waals surface area contributed by atoms with E-state index in [2.05, 4.69) is 60.9 Å². The standard InChI is InChI=1S/C18H20N6/c1-2-23-11-9-19-17(23)13-21-18-20-12-16-15(22-18)8-10-24(16)14-6-4-3-5-7-14/h3-7,9,11-12H,2,8,10,13H2,1H3,(H,20,21,22). The van der Waals surface area contributed by atoms with Gasteiger partial charge in [-0.1, -0.05) is 18.2 Å². The topological polar surface area (TPSA) is 58.9 Å². The van der Waals surface area contributed by atoms with Crippen LogP contribution in [0.4, 0.5) is 17.3 Å². The molecule has 0 fully saturated rings. The molecule has 6 nitrogen and oxygen atoms in total. The summed E-state index contributed by atoms with van der Waals surface area (Å²) in [6.07, 6.45) is 6.65. The summed E-state index contributed by atoms with van der Waals surface area (Å²) >= 11 is 0. The smallest absolute Gasteiger partial charge is 0.223 e. The Kier molecular flexibility index (Phi) is 3.86. The first-order valence-corrected chi connectivity index (χ1v) is 8.27. The molecule has 24 heavy (non-hydrogen) atoms. The highest BCUT2D eigenvalue weighted by Gasteiger charge is 2.22. The van der Waals surface area contributed by atoms with E-state index in [4.69, 9.17) is 0 Å². The zero-order chi connectivity index (χ0) is 16.4. The monoisotopic (exact) mass is 320 g/mol. The molecule has 1 N–H and O–H groups in total. The van der Waals surface area contributed by atoms with Crippen molar-refractivity contribution in [1.29, 1.82) is 0 Å². The molecule has 0 spiro atoms. The molecule has 6 heteroatoms. The highest BCUT2D eigenvalue weighted by molar-refractivity contribution is 5.68. The third-order valence-electron chi connectivity index (χ3n) is 4.32. The molecule has 122 valence electrons. The van der Waals surface area contributed by atoms with E-state index in [1.807, 2.05) is 24.7 Å². The van der Waals surface area contributed by atoms with Crippen molar-refractivity contribution in [2.75, 3.05) is 16.8 Å². The van der Waals surface area contributed by atoms with E-state index in [0.29, 0.717) is 12.5 Å². The summed E-state index contributed by atoms with van der Waals surface area (Å²) in [5.74, 6) is 1.65. The van der Waals surface area contributed by atoms with Crippen LogP contribution >= 0.6 is 0 Å². The van der Waals surface area contributed by atoms with E-state index in [-0.39, 0.29) is 0 Å². The lowest BCUT2D eigenvalue weighted by molar-refractivity contribution is 0.706. The largest absolute Gasteiger partial charge is 0.347 e. The van der Waals surface area contributed by atoms with Crippen LogP contribution in [0.3, 0.4) is 0 Å². The summed E-state index contributed by atoms with van der Waals surface area (Å²) in [5.41, 5.74) is 3.38. The molecule has 2 aromatic heterocycles. The Bertz CT molecular complexity index is 827. The molecule has 1 aliphatic rings. The number of rotatable bonds is 5. The van der Waals surface area contributed by atoms with Gasteiger partial charge >= 0.3 is 0 Å². The third kappa shape index (κ3) is 2.71. The first-order valence-electron chi connectivity index (χ1n) is 8.27. The van der Waals surface area contributed by atoms with Crippen molar-refractivity contribution in [3.63, 3.8) is 0 Å². The highest BCUT2D eigenvalue weighted by Crippen LogP contribution is 2.33. The van der Waals surface area contributed by atoms with Crippen molar-refractivity contribution in [1.82, 2.24) is 19.5 Å². The van der Waals surface area contributed by atoms with Gasteiger partial charge in [-0.25, -0.2) is 15.0 Å². The summed E-state index contributed by atoms with van der Waals surface area (Å²) in [4.78, 5) is 15.8. The molecule has 1 aliphatic heterocycles. The minimum Gasteiger partial charge on any atom is -0.347 e. The average Bonchev–Trinajstić information content (AvgIpc) is 3.26. The number of nitrogens with one attached hydrogen (secondary N) is 1. The molecule has 0 unspecified atom stereocenters. The Balaban J connectivity index is 1.50. The maximum Gasteiger partial charge on any atom is 0.223 e. The predicted octanol–water partition coefficient (Wildman–Crippen LogP) is 3.00. The highest BCUT2D eigenvalue weighted by atomic mass is 15.2. The molecule has 0 saturated carbocycles. The minimum atomic E-state index is 0.627. The van der Waals surface area contributed by atoms with E-state index in [1.54, 1.807) is 0 Å². The third-order valence-corrected chi connectivity index (χ3v) is 4.32. The van der Waals surface area contributed by atoms with Gasteiger partial charge in [0.1, 0.15) is 5.82 Å². The fourth-order valence-corrected chi connectivity index (χ4v) is 3.07. The number of nitrogens with zero attached hydrogens (tertiary/aromatic N) is 5. The molecule has 0 radical (unpaired) electrons. The first kappa shape index (κ1) is 14.7. The molecule has 0 saturated heterocycles. The van der Waals surface area contributed by atoms with Gasteiger partial charge in [-0.3, -0.25) is 0 Å². The lowest BCUT2D eigenvalue weighted by atomic mass is 10.3. The Morgan fingerprint density at radius 2 is 2.04 bits per heavy atom. The quantitative estimate of drug-likeness (QED) is 0.783. The number of anilines is 3. The van der Waals surface area contributed by atoms with Crippen LogP contribution in [-0.2, 0) is 19.5 Å². The van der Waals surface area contributed by atoms with Gasteiger partial charge in [0.25, 0.3) is 0 Å². The van der Waals surface area contributed by atoms with Crippen LogP contribution in [0, 0.1) is 0 Å². The zero-order valence-corrected chi connectivity index (χ0v) is 13.7. The second-order valence-corrected chi connectivity index (χ2v) is 5.75. The molecule has 1 aromatic carbocycles. The van der Waals surface area contributed by atoms with Crippen molar-refractivity contribution < 1.29 is 0 Å². The SMILES string of the molecule is CCn1ccnc1CNc1ncc2c(n1)CCN2c1ccccc1. The fraction of sp³-hybridized carbons (Fsp3) is 0.278. The molecular formula is C18H20N6. The van der Waals surface area contributed by atoms with E-state index in [9.17, 15) is 0 Å². The molecule has 0 aliphatic carbocycles. The van der Waals surface area contributed by atoms with Gasteiger partial charge in [-0.05, 0) is 19.1 Å². The number of aryl methyl sites for hydroxylation is 1. The first-order chi connectivity index (χ1) is 11.8. The summed E-state index contributed by atoms with van der Waals surface area (Å²) in [6, 6.07) is 10.4. The van der Waals surface area contributed by atoms with Crippen molar-refractivity contribution in [3.8, 4) is 0 Å². The second-order valence-electron chi connectivity index (χ2n) is 5.75. The Morgan fingerprint density at radius 3 is 2.88 bits per heavy atom. The van der Waals surface area contributed by atoms with Gasteiger partial charge in [0.15, 0.2) is 0 Å². The molecule has 0 amide bonds. The van der Waals surface area contributed by atoms with Gasteiger partial charge in [0.2, 0.25) is 5.95 Å². The molecule has 4 rings (SSSR count). The number of imidazole rings is 1. The van der Waals surface area contributed by atoms with Gasteiger partial charge in [-0.2, -0.15) is 0 Å². The van der Waals surface area contributed by atoms with Gasteiger partial charge in [-0.15, -0.1) is 0 Å². The number of para-hydroxylation sites is 1. The lowest BCUT2D eigenvalue weighted by Crippen LogP contribution is -2.13. The maximum atomic E-state index is 4.68. The van der Waals surface area contributed by atoms with Crippen LogP contribution in [0.25, 0.3) is 0 Å². The average molecular weight is 320 g/mol. The fourth-order valence-electron chi connectivity index (χ4n) is 3.07. The van der Waals surface area contributed by atoms with Gasteiger partial charge in [0, 0.05) is 37.6 Å². The molecule has 0 atom stereocenters. The van der Waals surface area contributed by atoms with E-state index in [0.717, 1.165) is 36.7 Å². The van der Waals surface area contributed by atoms with Crippen LogP contribution in [0.5, 0.6) is 0 Å². The van der Waals surface area contributed by atoms with Crippen molar-refractivity contribution in [3.05, 3.63) is 60.4 Å². The second kappa shape index (κ2) is 6.31. The Labute approximate surface area is 141 Å². The van der Waals surface area contributed by atoms with Crippen molar-refractivity contribution in [2.24, 2.45) is 0 Å². The molecule has 3 heterocycles. The van der Waals surface area contributed by atoms with Crippen molar-refractivity contribution >= 4 is 17.3 Å². The normalized spacial score (nSPS) is 13.1. The van der Waals surface area contributed by atoms with Crippen LogP contribution in [0.15, 0.2) is 48.9 Å². The predicted molar refractivity (Wildman–Crippen MR) is 94.4 cm³/mol. The zero-order valence-electron chi connectivity index (χ0n) is 13.7. The Morgan fingerprint density at radius 1 is 1.17 bits per heavy atom. The molecule has 0 bridgehead atoms. The van der Waals surface area contributed by atoms with Crippen LogP contribution in [0.1, 0.15) is 18.4 Å². The van der Waals surface area contributed by atoms with Gasteiger partial charge < -0.3 is 14.8 Å². The number of hydrogen-bond acceptors (Lipinski definition) is 5. The van der Waals surface area contributed by atoms with Gasteiger partial charge in [0.05, 0.1) is 24.1 Å².